The molecule has 3 N–H and O–H groups in total. The fraction of sp³-hybridized carbons (Fsp3) is 0.0714. The Morgan fingerprint density at radius 3 is 2.60 bits per heavy atom. The molecule has 6 heteroatoms. The van der Waals surface area contributed by atoms with Crippen LogP contribution in [0.5, 0.6) is 0 Å². The van der Waals surface area contributed by atoms with E-state index in [1.165, 1.54) is 6.07 Å². The van der Waals surface area contributed by atoms with Gasteiger partial charge < -0.3 is 5.73 Å². The number of anilines is 1. The number of hydrogen-bond acceptors (Lipinski definition) is 2. The first-order valence-electron chi connectivity index (χ1n) is 5.86. The zero-order chi connectivity index (χ0) is 14.3. The minimum atomic E-state index is -4.37. The van der Waals surface area contributed by atoms with E-state index in [1.54, 1.807) is 24.3 Å². The van der Waals surface area contributed by atoms with Crippen molar-refractivity contribution in [3.63, 3.8) is 0 Å². The molecule has 0 bridgehead atoms. The number of hydrogen-bond donors (Lipinski definition) is 2. The largest absolute Gasteiger partial charge is 0.416 e. The van der Waals surface area contributed by atoms with E-state index in [0.717, 1.165) is 17.5 Å². The lowest BCUT2D eigenvalue weighted by Crippen LogP contribution is -2.04. The number of aromatic nitrogens is 2. The number of nitrogen functional groups attached to an aromatic ring is 1. The van der Waals surface area contributed by atoms with Crippen molar-refractivity contribution in [2.75, 3.05) is 5.73 Å². The van der Waals surface area contributed by atoms with Crippen LogP contribution in [0.3, 0.4) is 0 Å². The van der Waals surface area contributed by atoms with E-state index in [-0.39, 0.29) is 0 Å². The molecule has 0 aliphatic rings. The molecule has 3 aromatic rings. The summed E-state index contributed by atoms with van der Waals surface area (Å²) in [5.41, 5.74) is 7.11. The number of halogens is 3. The summed E-state index contributed by atoms with van der Waals surface area (Å²) in [6.45, 7) is 0. The van der Waals surface area contributed by atoms with Crippen LogP contribution in [0.15, 0.2) is 42.5 Å². The Hall–Kier alpha value is -2.50. The minimum absolute atomic E-state index is 0.413. The Morgan fingerprint density at radius 1 is 1.05 bits per heavy atom. The molecule has 102 valence electrons. The van der Waals surface area contributed by atoms with Crippen LogP contribution in [0.4, 0.5) is 18.9 Å². The third-order valence-electron chi connectivity index (χ3n) is 3.05. The molecule has 0 radical (unpaired) electrons. The van der Waals surface area contributed by atoms with Gasteiger partial charge in [-0.1, -0.05) is 12.1 Å². The number of nitrogens with zero attached hydrogens (tertiary/aromatic N) is 1. The number of nitrogens with two attached hydrogens (primary N) is 1. The van der Waals surface area contributed by atoms with Gasteiger partial charge in [-0.15, -0.1) is 0 Å². The van der Waals surface area contributed by atoms with E-state index in [9.17, 15) is 13.2 Å². The van der Waals surface area contributed by atoms with Crippen molar-refractivity contribution in [1.29, 1.82) is 0 Å². The van der Waals surface area contributed by atoms with E-state index < -0.39 is 11.7 Å². The molecule has 0 saturated carbocycles. The summed E-state index contributed by atoms with van der Waals surface area (Å²) < 4.78 is 38.2. The molecule has 0 spiro atoms. The second-order valence-corrected chi connectivity index (χ2v) is 4.46. The monoisotopic (exact) mass is 277 g/mol. The molecule has 3 nitrogen and oxygen atoms in total. The molecule has 20 heavy (non-hydrogen) atoms. The first kappa shape index (κ1) is 12.5. The summed E-state index contributed by atoms with van der Waals surface area (Å²) in [5, 5.41) is 7.59. The number of fused-ring (bicyclic) bond motifs is 1. The molecule has 0 amide bonds. The maximum absolute atomic E-state index is 12.7. The normalized spacial score (nSPS) is 11.9. The standard InChI is InChI=1S/C14H10F3N3/c15-14(16,17)9-3-1-2-8(6-9)13-11-5-4-10(18)7-12(11)19-20-13/h1-7H,18H2,(H,19,20). The Kier molecular flexibility index (Phi) is 2.67. The summed E-state index contributed by atoms with van der Waals surface area (Å²) in [6, 6.07) is 10.2. The average Bonchev–Trinajstić information content (AvgIpc) is 2.80. The fourth-order valence-electron chi connectivity index (χ4n) is 2.10. The lowest BCUT2D eigenvalue weighted by Gasteiger charge is -2.07. The molecule has 2 aromatic carbocycles. The van der Waals surface area contributed by atoms with E-state index in [0.29, 0.717) is 22.5 Å². The van der Waals surface area contributed by atoms with Crippen LogP contribution >= 0.6 is 0 Å². The zero-order valence-electron chi connectivity index (χ0n) is 10.2. The molecule has 3 rings (SSSR count). The van der Waals surface area contributed by atoms with E-state index in [2.05, 4.69) is 10.2 Å². The van der Waals surface area contributed by atoms with Gasteiger partial charge in [0, 0.05) is 16.6 Å². The predicted octanol–water partition coefficient (Wildman–Crippen LogP) is 3.83. The lowest BCUT2D eigenvalue weighted by atomic mass is 10.0. The Bertz CT molecular complexity index is 775. The fourth-order valence-corrected chi connectivity index (χ4v) is 2.10. The van der Waals surface area contributed by atoms with Gasteiger partial charge in [0.1, 0.15) is 0 Å². The Morgan fingerprint density at radius 2 is 1.85 bits per heavy atom. The molecule has 0 atom stereocenters. The summed E-state index contributed by atoms with van der Waals surface area (Å²) in [4.78, 5) is 0. The van der Waals surface area contributed by atoms with Gasteiger partial charge in [0.25, 0.3) is 0 Å². The van der Waals surface area contributed by atoms with Gasteiger partial charge in [0.15, 0.2) is 0 Å². The summed E-state index contributed by atoms with van der Waals surface area (Å²) in [7, 11) is 0. The predicted molar refractivity (Wildman–Crippen MR) is 70.9 cm³/mol. The van der Waals surface area contributed by atoms with Gasteiger partial charge in [0.2, 0.25) is 0 Å². The van der Waals surface area contributed by atoms with Crippen LogP contribution in [0.2, 0.25) is 0 Å². The molecular weight excluding hydrogens is 267 g/mol. The number of benzene rings is 2. The number of H-pyrrole nitrogens is 1. The van der Waals surface area contributed by atoms with Crippen molar-refractivity contribution in [2.24, 2.45) is 0 Å². The van der Waals surface area contributed by atoms with Crippen molar-refractivity contribution >= 4 is 16.6 Å². The summed E-state index contributed by atoms with van der Waals surface area (Å²) in [5.74, 6) is 0. The first-order chi connectivity index (χ1) is 9.45. The van der Waals surface area contributed by atoms with E-state index in [4.69, 9.17) is 5.73 Å². The quantitative estimate of drug-likeness (QED) is 0.664. The molecule has 1 aromatic heterocycles. The van der Waals surface area contributed by atoms with Crippen LogP contribution in [0.1, 0.15) is 5.56 Å². The van der Waals surface area contributed by atoms with Crippen molar-refractivity contribution in [1.82, 2.24) is 10.2 Å². The van der Waals surface area contributed by atoms with Crippen LogP contribution in [0, 0.1) is 0 Å². The van der Waals surface area contributed by atoms with Gasteiger partial charge in [-0.3, -0.25) is 5.10 Å². The average molecular weight is 277 g/mol. The van der Waals surface area contributed by atoms with Gasteiger partial charge in [-0.25, -0.2) is 0 Å². The Labute approximate surface area is 112 Å². The van der Waals surface area contributed by atoms with Gasteiger partial charge in [0.05, 0.1) is 16.8 Å². The molecular formula is C14H10F3N3. The molecule has 0 unspecified atom stereocenters. The zero-order valence-corrected chi connectivity index (χ0v) is 10.2. The number of alkyl halides is 3. The molecule has 0 fully saturated rings. The number of aromatic amines is 1. The topological polar surface area (TPSA) is 54.7 Å². The summed E-state index contributed by atoms with van der Waals surface area (Å²) >= 11 is 0. The highest BCUT2D eigenvalue weighted by Gasteiger charge is 2.30. The van der Waals surface area contributed by atoms with E-state index in [1.807, 2.05) is 0 Å². The number of rotatable bonds is 1. The maximum Gasteiger partial charge on any atom is 0.416 e. The van der Waals surface area contributed by atoms with Gasteiger partial charge >= 0.3 is 6.18 Å². The second-order valence-electron chi connectivity index (χ2n) is 4.46. The highest BCUT2D eigenvalue weighted by molar-refractivity contribution is 5.94. The smallest absolute Gasteiger partial charge is 0.399 e. The number of nitrogens with one attached hydrogen (secondary N) is 1. The van der Waals surface area contributed by atoms with Crippen LogP contribution < -0.4 is 5.73 Å². The summed E-state index contributed by atoms with van der Waals surface area (Å²) in [6.07, 6.45) is -4.37. The maximum atomic E-state index is 12.7. The van der Waals surface area contributed by atoms with Crippen LogP contribution in [-0.2, 0) is 6.18 Å². The molecule has 0 aliphatic carbocycles. The lowest BCUT2D eigenvalue weighted by molar-refractivity contribution is -0.137. The highest BCUT2D eigenvalue weighted by Crippen LogP contribution is 2.33. The van der Waals surface area contributed by atoms with Crippen LogP contribution in [0.25, 0.3) is 22.2 Å². The SMILES string of the molecule is Nc1ccc2c(-c3cccc(C(F)(F)F)c3)n[nH]c2c1. The van der Waals surface area contributed by atoms with Crippen molar-refractivity contribution in [2.45, 2.75) is 6.18 Å². The third kappa shape index (κ3) is 2.09. The minimum Gasteiger partial charge on any atom is -0.399 e. The Balaban J connectivity index is 2.16. The second kappa shape index (κ2) is 4.26. The molecule has 0 aliphatic heterocycles. The van der Waals surface area contributed by atoms with Gasteiger partial charge in [-0.05, 0) is 30.3 Å². The van der Waals surface area contributed by atoms with Crippen molar-refractivity contribution in [3.05, 3.63) is 48.0 Å². The third-order valence-corrected chi connectivity index (χ3v) is 3.05. The van der Waals surface area contributed by atoms with E-state index >= 15 is 0 Å². The van der Waals surface area contributed by atoms with Gasteiger partial charge in [-0.2, -0.15) is 18.3 Å². The molecule has 1 heterocycles. The highest BCUT2D eigenvalue weighted by atomic mass is 19.4. The van der Waals surface area contributed by atoms with Crippen molar-refractivity contribution < 1.29 is 13.2 Å². The van der Waals surface area contributed by atoms with Crippen LogP contribution in [-0.4, -0.2) is 10.2 Å². The first-order valence-corrected chi connectivity index (χ1v) is 5.86. The molecule has 0 saturated heterocycles. The van der Waals surface area contributed by atoms with Crippen molar-refractivity contribution in [3.8, 4) is 11.3 Å².